The van der Waals surface area contributed by atoms with Crippen molar-refractivity contribution in [3.63, 3.8) is 0 Å². The van der Waals surface area contributed by atoms with Crippen LogP contribution in [0.4, 0.5) is 0 Å². The highest BCUT2D eigenvalue weighted by molar-refractivity contribution is 5.89. The molecule has 0 atom stereocenters. The van der Waals surface area contributed by atoms with Crippen LogP contribution in [0.5, 0.6) is 0 Å². The van der Waals surface area contributed by atoms with Crippen molar-refractivity contribution in [1.29, 1.82) is 0 Å². The van der Waals surface area contributed by atoms with Gasteiger partial charge in [0.2, 0.25) is 0 Å². The second-order valence-corrected chi connectivity index (χ2v) is 14.0. The molecule has 0 aliphatic carbocycles. The van der Waals surface area contributed by atoms with Crippen LogP contribution in [0.3, 0.4) is 0 Å². The summed E-state index contributed by atoms with van der Waals surface area (Å²) < 4.78 is 7.35. The number of carbonyl (C=O) groups is 1. The first-order valence-corrected chi connectivity index (χ1v) is 18.5. The predicted octanol–water partition coefficient (Wildman–Crippen LogP) is 9.12. The molecule has 2 aromatic heterocycles. The Labute approximate surface area is 316 Å². The zero-order chi connectivity index (χ0) is 37.7. The third-order valence-electron chi connectivity index (χ3n) is 9.88. The number of aromatic nitrogens is 5. The van der Waals surface area contributed by atoms with Gasteiger partial charge < -0.3 is 14.4 Å². The maximum absolute atomic E-state index is 13.3. The molecule has 0 aliphatic rings. The van der Waals surface area contributed by atoms with Crippen LogP contribution in [-0.2, 0) is 28.7 Å². The van der Waals surface area contributed by atoms with Crippen LogP contribution in [0.15, 0.2) is 140 Å². The van der Waals surface area contributed by atoms with Gasteiger partial charge in [-0.1, -0.05) is 146 Å². The predicted molar refractivity (Wildman–Crippen MR) is 212 cm³/mol. The number of aromatic amines is 1. The van der Waals surface area contributed by atoms with Gasteiger partial charge in [-0.3, -0.25) is 0 Å². The first-order valence-electron chi connectivity index (χ1n) is 18.5. The zero-order valence-electron chi connectivity index (χ0n) is 31.2. The minimum atomic E-state index is -1.32. The number of nitrogens with zero attached hydrogens (tertiary/aromatic N) is 4. The molecule has 0 radical (unpaired) electrons. The van der Waals surface area contributed by atoms with Crippen LogP contribution in [0, 0.1) is 0 Å². The molecule has 7 rings (SSSR count). The summed E-state index contributed by atoms with van der Waals surface area (Å²) in [5, 5.41) is 23.8. The number of esters is 1. The maximum Gasteiger partial charge on any atom is 0.357 e. The van der Waals surface area contributed by atoms with Crippen LogP contribution in [0.1, 0.15) is 84.1 Å². The molecule has 2 heterocycles. The first kappa shape index (κ1) is 36.2. The Morgan fingerprint density at radius 2 is 1.24 bits per heavy atom. The molecule has 8 nitrogen and oxygen atoms in total. The minimum Gasteiger partial charge on any atom is -0.461 e. The van der Waals surface area contributed by atoms with Crippen LogP contribution >= 0.6 is 0 Å². The number of ether oxygens (including phenoxy) is 1. The molecule has 0 saturated carbocycles. The van der Waals surface area contributed by atoms with Crippen LogP contribution in [0.25, 0.3) is 22.4 Å². The Balaban J connectivity index is 1.33. The van der Waals surface area contributed by atoms with E-state index in [2.05, 4.69) is 121 Å². The molecule has 0 bridgehead atoms. The number of nitrogens with one attached hydrogen (secondary N) is 1. The van der Waals surface area contributed by atoms with Crippen molar-refractivity contribution >= 4 is 5.97 Å². The summed E-state index contributed by atoms with van der Waals surface area (Å²) in [5.74, 6) is 0.250. The summed E-state index contributed by atoms with van der Waals surface area (Å²) in [5.41, 5.74) is 7.27. The average molecular weight is 716 g/mol. The second kappa shape index (κ2) is 15.5. The number of imidazole rings is 1. The van der Waals surface area contributed by atoms with Gasteiger partial charge >= 0.3 is 5.97 Å². The molecule has 2 N–H and O–H groups in total. The molecule has 7 aromatic rings. The SMILES string of the molecule is CCCc1nc(C(C)(C)O)c(C(=O)OCC)n1Cc1ccc(-c2ccccc2-c2n[nH]nc2C(c2ccccc2)(c2ccccc2)c2ccccc2)cc1. The summed E-state index contributed by atoms with van der Waals surface area (Å²) in [7, 11) is 0. The Morgan fingerprint density at radius 3 is 1.76 bits per heavy atom. The summed E-state index contributed by atoms with van der Waals surface area (Å²) >= 11 is 0. The van der Waals surface area contributed by atoms with E-state index >= 15 is 0 Å². The molecule has 0 aliphatic heterocycles. The van der Waals surface area contributed by atoms with E-state index in [0.717, 1.165) is 62.6 Å². The van der Waals surface area contributed by atoms with E-state index in [1.807, 2.05) is 34.9 Å². The highest BCUT2D eigenvalue weighted by atomic mass is 16.5. The summed E-state index contributed by atoms with van der Waals surface area (Å²) in [6, 6.07) is 48.1. The fourth-order valence-corrected chi connectivity index (χ4v) is 7.49. The fraction of sp³-hybridized carbons (Fsp3) is 0.217. The summed E-state index contributed by atoms with van der Waals surface area (Å²) in [6.45, 7) is 7.77. The minimum absolute atomic E-state index is 0.225. The van der Waals surface area contributed by atoms with Gasteiger partial charge in [0.25, 0.3) is 0 Å². The highest BCUT2D eigenvalue weighted by Crippen LogP contribution is 2.48. The number of benzene rings is 5. The van der Waals surface area contributed by atoms with E-state index in [-0.39, 0.29) is 6.61 Å². The number of aliphatic hydroxyl groups is 1. The van der Waals surface area contributed by atoms with Gasteiger partial charge in [0.15, 0.2) is 5.69 Å². The topological polar surface area (TPSA) is 106 Å². The van der Waals surface area contributed by atoms with Gasteiger partial charge in [-0.15, -0.1) is 0 Å². The molecule has 5 aromatic carbocycles. The smallest absolute Gasteiger partial charge is 0.357 e. The lowest BCUT2D eigenvalue weighted by molar-refractivity contribution is 0.0469. The molecule has 0 spiro atoms. The van der Waals surface area contributed by atoms with Crippen LogP contribution in [0.2, 0.25) is 0 Å². The van der Waals surface area contributed by atoms with Gasteiger partial charge in [-0.05, 0) is 60.6 Å². The fourth-order valence-electron chi connectivity index (χ4n) is 7.49. The van der Waals surface area contributed by atoms with Crippen molar-refractivity contribution in [2.24, 2.45) is 0 Å². The van der Waals surface area contributed by atoms with Crippen molar-refractivity contribution in [3.05, 3.63) is 185 Å². The Morgan fingerprint density at radius 1 is 0.704 bits per heavy atom. The molecule has 0 saturated heterocycles. The Hall–Kier alpha value is -6.12. The largest absolute Gasteiger partial charge is 0.461 e. The zero-order valence-corrected chi connectivity index (χ0v) is 31.2. The molecular weight excluding hydrogens is 671 g/mol. The van der Waals surface area contributed by atoms with Gasteiger partial charge in [0, 0.05) is 18.5 Å². The van der Waals surface area contributed by atoms with Gasteiger partial charge in [0.1, 0.15) is 28.5 Å². The van der Waals surface area contributed by atoms with Gasteiger partial charge in [0.05, 0.1) is 12.0 Å². The standard InChI is InChI=1S/C46H45N5O3/c1-5-18-39-47-43(45(3,4)53)41(44(52)54-6-2)51(39)31-32-27-29-33(30-28-32)37-25-16-17-26-38(37)40-42(49-50-48-40)46(34-19-10-7-11-20-34,35-21-12-8-13-22-35)36-23-14-9-15-24-36/h7-17,19-30,53H,5-6,18,31H2,1-4H3,(H,48,49,50). The lowest BCUT2D eigenvalue weighted by Crippen LogP contribution is -2.32. The number of carbonyl (C=O) groups excluding carboxylic acids is 1. The molecule has 0 unspecified atom stereocenters. The van der Waals surface area contributed by atoms with Crippen molar-refractivity contribution in [2.45, 2.75) is 58.1 Å². The van der Waals surface area contributed by atoms with Crippen molar-refractivity contribution in [3.8, 4) is 22.4 Å². The Kier molecular flexibility index (Phi) is 10.4. The lowest BCUT2D eigenvalue weighted by atomic mass is 9.66. The average Bonchev–Trinajstić information content (AvgIpc) is 3.83. The molecule has 272 valence electrons. The van der Waals surface area contributed by atoms with E-state index in [1.165, 1.54) is 0 Å². The molecule has 0 amide bonds. The second-order valence-electron chi connectivity index (χ2n) is 14.0. The monoisotopic (exact) mass is 715 g/mol. The number of aryl methyl sites for hydroxylation is 1. The van der Waals surface area contributed by atoms with Crippen LogP contribution < -0.4 is 0 Å². The van der Waals surface area contributed by atoms with E-state index in [9.17, 15) is 9.90 Å². The summed E-state index contributed by atoms with van der Waals surface area (Å²) in [4.78, 5) is 18.1. The molecule has 54 heavy (non-hydrogen) atoms. The number of hydrogen-bond acceptors (Lipinski definition) is 6. The number of hydrogen-bond donors (Lipinski definition) is 2. The van der Waals surface area contributed by atoms with Gasteiger partial charge in [-0.25, -0.2) is 9.78 Å². The number of H-pyrrole nitrogens is 1. The van der Waals surface area contributed by atoms with Crippen molar-refractivity contribution in [2.75, 3.05) is 6.61 Å². The van der Waals surface area contributed by atoms with Crippen molar-refractivity contribution < 1.29 is 14.6 Å². The first-order chi connectivity index (χ1) is 26.3. The van der Waals surface area contributed by atoms with E-state index in [4.69, 9.17) is 19.9 Å². The van der Waals surface area contributed by atoms with Crippen LogP contribution in [-0.4, -0.2) is 42.6 Å². The Bertz CT molecular complexity index is 2230. The lowest BCUT2D eigenvalue weighted by Gasteiger charge is -2.35. The van der Waals surface area contributed by atoms with E-state index in [1.54, 1.807) is 20.8 Å². The van der Waals surface area contributed by atoms with E-state index in [0.29, 0.717) is 24.4 Å². The van der Waals surface area contributed by atoms with Crippen molar-refractivity contribution in [1.82, 2.24) is 25.0 Å². The molecule has 8 heteroatoms. The quantitative estimate of drug-likeness (QED) is 0.0912. The van der Waals surface area contributed by atoms with E-state index < -0.39 is 17.0 Å². The maximum atomic E-state index is 13.3. The molecule has 0 fully saturated rings. The third-order valence-corrected chi connectivity index (χ3v) is 9.88. The number of rotatable bonds is 13. The third kappa shape index (κ3) is 6.76. The summed E-state index contributed by atoms with van der Waals surface area (Å²) in [6.07, 6.45) is 1.49. The normalized spacial score (nSPS) is 11.8. The van der Waals surface area contributed by atoms with Gasteiger partial charge in [-0.2, -0.15) is 15.4 Å². The molecular formula is C46H45N5O3. The highest BCUT2D eigenvalue weighted by Gasteiger charge is 2.43.